The Morgan fingerprint density at radius 1 is 0.508 bits per heavy atom. The van der Waals surface area contributed by atoms with Crippen molar-refractivity contribution < 1.29 is 33.9 Å². The summed E-state index contributed by atoms with van der Waals surface area (Å²) < 4.78 is 0. The van der Waals surface area contributed by atoms with E-state index in [4.69, 9.17) is 0 Å². The highest BCUT2D eigenvalue weighted by Crippen LogP contribution is 2.20. The van der Waals surface area contributed by atoms with Crippen LogP contribution in [0.4, 0.5) is 5.69 Å². The zero-order valence-electron chi connectivity index (χ0n) is 32.4. The van der Waals surface area contributed by atoms with Crippen molar-refractivity contribution in [2.45, 2.75) is 69.1 Å². The molecule has 0 saturated heterocycles. The highest BCUT2D eigenvalue weighted by Gasteiger charge is 2.32. The predicted octanol–water partition coefficient (Wildman–Crippen LogP) is 4.77. The van der Waals surface area contributed by atoms with Crippen LogP contribution < -0.4 is 26.6 Å². The number of carbonyl (C=O) groups excluding carboxylic acids is 5. The summed E-state index contributed by atoms with van der Waals surface area (Å²) in [5.74, 6) is -4.26. The van der Waals surface area contributed by atoms with Crippen LogP contribution in [0, 0.1) is 0 Å². The Balaban J connectivity index is 1.34. The van der Waals surface area contributed by atoms with Crippen molar-refractivity contribution in [1.82, 2.24) is 21.3 Å². The number of fused-ring (bicyclic) bond motifs is 18. The zero-order valence-corrected chi connectivity index (χ0v) is 32.4. The Hall–Kier alpha value is -7.08. The van der Waals surface area contributed by atoms with Gasteiger partial charge in [0.15, 0.2) is 0 Å². The number of hydrogen-bond acceptors (Lipinski definition) is 6. The SMILES string of the molecule is O=C1CCC(=O)N[C@H](CCc2ccccc2)C(=O)N[C@@H](Cc2ccc(-c3ccccc3)cc2)C(=O)N[C@H](Cc2ccccc2)C(=O)N[C@H](C(=O)O)Cc2ccc(cc2)N1. The molecular weight excluding hydrogens is 747 g/mol. The van der Waals surface area contributed by atoms with Crippen LogP contribution in [0.2, 0.25) is 0 Å². The first kappa shape index (κ1) is 41.6. The van der Waals surface area contributed by atoms with Gasteiger partial charge in [0.25, 0.3) is 0 Å². The standard InChI is InChI=1S/C47H47N5O7/c53-42-26-27-43(54)49-38(25-20-31-10-4-1-5-11-31)44(55)50-40(29-33-16-21-36(22-17-33)35-14-8-3-9-15-35)45(56)51-39(28-32-12-6-2-7-13-32)46(57)52-41(47(58)59)30-34-18-23-37(48-42)24-19-34/h1-19,21-24,38-41H,20,25-30H2,(H,48,53)(H,49,54)(H,50,55)(H,51,56)(H,52,57)(H,58,59)/t38-,39-,40+,41+/m1/s1. The number of carbonyl (C=O) groups is 6. The number of rotatable bonds is 9. The summed E-state index contributed by atoms with van der Waals surface area (Å²) in [5.41, 5.74) is 5.33. The van der Waals surface area contributed by atoms with Crippen LogP contribution in [-0.4, -0.2) is 64.8 Å². The van der Waals surface area contributed by atoms with Gasteiger partial charge in [0.05, 0.1) is 0 Å². The maximum Gasteiger partial charge on any atom is 0.326 e. The second-order valence-corrected chi connectivity index (χ2v) is 14.6. The summed E-state index contributed by atoms with van der Waals surface area (Å²) in [4.78, 5) is 81.3. The second-order valence-electron chi connectivity index (χ2n) is 14.6. The minimum atomic E-state index is -1.35. The van der Waals surface area contributed by atoms with E-state index in [9.17, 15) is 33.9 Å². The summed E-state index contributed by atoms with van der Waals surface area (Å²) in [7, 11) is 0. The Bertz CT molecular complexity index is 2220. The van der Waals surface area contributed by atoms with Crippen molar-refractivity contribution in [2.24, 2.45) is 0 Å². The molecule has 2 heterocycles. The largest absolute Gasteiger partial charge is 0.480 e. The van der Waals surface area contributed by atoms with E-state index in [1.165, 1.54) is 0 Å². The van der Waals surface area contributed by atoms with Crippen molar-refractivity contribution in [3.05, 3.63) is 162 Å². The molecule has 5 aromatic rings. The lowest BCUT2D eigenvalue weighted by molar-refractivity contribution is -0.142. The van der Waals surface area contributed by atoms with Gasteiger partial charge in [-0.3, -0.25) is 24.0 Å². The smallest absolute Gasteiger partial charge is 0.326 e. The van der Waals surface area contributed by atoms with Crippen LogP contribution in [0.5, 0.6) is 0 Å². The molecule has 0 fully saturated rings. The topological polar surface area (TPSA) is 183 Å². The maximum atomic E-state index is 14.4. The number of aryl methyl sites for hydroxylation is 1. The number of hydrogen-bond donors (Lipinski definition) is 6. The molecule has 12 nitrogen and oxygen atoms in total. The summed E-state index contributed by atoms with van der Waals surface area (Å²) >= 11 is 0. The van der Waals surface area contributed by atoms with Crippen molar-refractivity contribution >= 4 is 41.2 Å². The van der Waals surface area contributed by atoms with E-state index in [2.05, 4.69) is 26.6 Å². The lowest BCUT2D eigenvalue weighted by atomic mass is 9.98. The Labute approximate surface area is 342 Å². The van der Waals surface area contributed by atoms with E-state index >= 15 is 0 Å². The normalized spacial score (nSPS) is 19.6. The van der Waals surface area contributed by atoms with Gasteiger partial charge in [-0.05, 0) is 58.4 Å². The number of amides is 5. The van der Waals surface area contributed by atoms with Gasteiger partial charge in [0.1, 0.15) is 24.2 Å². The van der Waals surface area contributed by atoms with E-state index < -0.39 is 59.7 Å². The molecule has 302 valence electrons. The predicted molar refractivity (Wildman–Crippen MR) is 224 cm³/mol. The number of aliphatic carboxylic acids is 1. The highest BCUT2D eigenvalue weighted by atomic mass is 16.4. The van der Waals surface area contributed by atoms with Gasteiger partial charge in [-0.25, -0.2) is 4.79 Å². The molecule has 0 saturated carbocycles. The summed E-state index contributed by atoms with van der Waals surface area (Å²) in [6.07, 6.45) is 0.226. The molecule has 59 heavy (non-hydrogen) atoms. The van der Waals surface area contributed by atoms with Crippen LogP contribution in [0.1, 0.15) is 41.5 Å². The molecule has 0 aromatic heterocycles. The van der Waals surface area contributed by atoms with Crippen molar-refractivity contribution in [2.75, 3.05) is 5.32 Å². The average molecular weight is 794 g/mol. The van der Waals surface area contributed by atoms with Gasteiger partial charge in [-0.2, -0.15) is 0 Å². The first-order valence-electron chi connectivity index (χ1n) is 19.6. The number of carboxylic acids is 1. The van der Waals surface area contributed by atoms with Gasteiger partial charge in [0.2, 0.25) is 29.5 Å². The van der Waals surface area contributed by atoms with Gasteiger partial charge < -0.3 is 31.7 Å². The van der Waals surface area contributed by atoms with Crippen LogP contribution in [-0.2, 0) is 54.5 Å². The molecule has 6 N–H and O–H groups in total. The highest BCUT2D eigenvalue weighted by molar-refractivity contribution is 5.96. The molecule has 2 aliphatic heterocycles. The number of anilines is 1. The van der Waals surface area contributed by atoms with E-state index in [1.54, 1.807) is 48.5 Å². The molecule has 12 heteroatoms. The van der Waals surface area contributed by atoms with Crippen molar-refractivity contribution in [3.8, 4) is 11.1 Å². The van der Waals surface area contributed by atoms with E-state index in [-0.39, 0.29) is 38.5 Å². The quantitative estimate of drug-likeness (QED) is 0.116. The van der Waals surface area contributed by atoms with Gasteiger partial charge in [-0.1, -0.05) is 127 Å². The second kappa shape index (κ2) is 20.4. The molecule has 0 unspecified atom stereocenters. The Kier molecular flexibility index (Phi) is 14.3. The molecule has 0 spiro atoms. The van der Waals surface area contributed by atoms with E-state index in [0.29, 0.717) is 28.8 Å². The molecule has 7 rings (SSSR count). The lowest BCUT2D eigenvalue weighted by Crippen LogP contribution is -2.59. The van der Waals surface area contributed by atoms with Gasteiger partial charge in [0, 0.05) is 37.8 Å². The molecule has 4 atom stereocenters. The average Bonchev–Trinajstić information content (AvgIpc) is 3.25. The number of benzene rings is 5. The first-order valence-corrected chi connectivity index (χ1v) is 19.6. The minimum absolute atomic E-state index is 0.0272. The molecular formula is C47H47N5O7. The molecule has 5 aromatic carbocycles. The maximum absolute atomic E-state index is 14.4. The van der Waals surface area contributed by atoms with E-state index in [0.717, 1.165) is 16.7 Å². The minimum Gasteiger partial charge on any atom is -0.480 e. The van der Waals surface area contributed by atoms with Crippen molar-refractivity contribution in [3.63, 3.8) is 0 Å². The first-order chi connectivity index (χ1) is 28.6. The Morgan fingerprint density at radius 3 is 1.59 bits per heavy atom. The number of nitrogens with one attached hydrogen (secondary N) is 5. The van der Waals surface area contributed by atoms with E-state index in [1.807, 2.05) is 91.0 Å². The van der Waals surface area contributed by atoms with Crippen molar-refractivity contribution in [1.29, 1.82) is 0 Å². The third-order valence-corrected chi connectivity index (χ3v) is 10.1. The molecule has 5 amide bonds. The van der Waals surface area contributed by atoms with Crippen LogP contribution in [0.3, 0.4) is 0 Å². The fourth-order valence-corrected chi connectivity index (χ4v) is 6.89. The van der Waals surface area contributed by atoms with Gasteiger partial charge in [-0.15, -0.1) is 0 Å². The fraction of sp³-hybridized carbons (Fsp3) is 0.234. The lowest BCUT2D eigenvalue weighted by Gasteiger charge is -2.26. The monoisotopic (exact) mass is 793 g/mol. The molecule has 2 aliphatic rings. The fourth-order valence-electron chi connectivity index (χ4n) is 6.89. The summed E-state index contributed by atoms with van der Waals surface area (Å²) in [6.45, 7) is 0. The van der Waals surface area contributed by atoms with Crippen LogP contribution >= 0.6 is 0 Å². The van der Waals surface area contributed by atoms with Crippen LogP contribution in [0.15, 0.2) is 140 Å². The summed E-state index contributed by atoms with van der Waals surface area (Å²) in [6, 6.07) is 37.4. The molecule has 0 radical (unpaired) electrons. The molecule has 2 bridgehead atoms. The third kappa shape index (κ3) is 12.5. The van der Waals surface area contributed by atoms with Gasteiger partial charge >= 0.3 is 5.97 Å². The van der Waals surface area contributed by atoms with Crippen LogP contribution in [0.25, 0.3) is 11.1 Å². The zero-order chi connectivity index (χ0) is 41.6. The number of carboxylic acid groups (broad SMARTS) is 1. The Morgan fingerprint density at radius 2 is 1.00 bits per heavy atom. The third-order valence-electron chi connectivity index (χ3n) is 10.1. The molecule has 0 aliphatic carbocycles. The summed E-state index contributed by atoms with van der Waals surface area (Å²) in [5, 5.41) is 24.0.